The first-order valence-corrected chi connectivity index (χ1v) is 5.82. The largest absolute Gasteiger partial charge is 0.355 e. The number of hydrogen-bond donors (Lipinski definition) is 1. The summed E-state index contributed by atoms with van der Waals surface area (Å²) in [4.78, 5) is 10.9. The highest BCUT2D eigenvalue weighted by Gasteiger charge is 2.24. The Balaban J connectivity index is 2.96. The average Bonchev–Trinajstić information content (AvgIpc) is 2.19. The first-order valence-electron chi connectivity index (χ1n) is 5.03. The molecular weight excluding hydrogens is 273 g/mol. The fourth-order valence-electron chi connectivity index (χ4n) is 1.46. The quantitative estimate of drug-likeness (QED) is 0.910. The number of amides is 1. The van der Waals surface area contributed by atoms with Crippen LogP contribution in [-0.2, 0) is 10.2 Å². The van der Waals surface area contributed by atoms with Gasteiger partial charge in [-0.1, -0.05) is 29.8 Å². The predicted octanol–water partition coefficient (Wildman–Crippen LogP) is 3.00. The Bertz CT molecular complexity index is 404. The van der Waals surface area contributed by atoms with E-state index < -0.39 is 5.41 Å². The zero-order valence-electron chi connectivity index (χ0n) is 9.60. The molecule has 0 heterocycles. The van der Waals surface area contributed by atoms with Gasteiger partial charge in [-0.2, -0.15) is 0 Å². The maximum absolute atomic E-state index is 13.7. The summed E-state index contributed by atoms with van der Waals surface area (Å²) in [6.45, 7) is 5.66. The number of carbonyl (C=O) groups is 1. The van der Waals surface area contributed by atoms with Crippen LogP contribution < -0.4 is 5.32 Å². The molecule has 0 unspecified atom stereocenters. The van der Waals surface area contributed by atoms with Gasteiger partial charge in [0, 0.05) is 23.4 Å². The van der Waals surface area contributed by atoms with Gasteiger partial charge in [0.1, 0.15) is 5.82 Å². The van der Waals surface area contributed by atoms with Crippen LogP contribution >= 0.6 is 15.9 Å². The number of carbonyl (C=O) groups excluding carboxylic acids is 1. The van der Waals surface area contributed by atoms with E-state index >= 15 is 0 Å². The lowest BCUT2D eigenvalue weighted by atomic mass is 9.84. The van der Waals surface area contributed by atoms with Crippen molar-refractivity contribution in [2.24, 2.45) is 0 Å². The van der Waals surface area contributed by atoms with Crippen LogP contribution in [0.25, 0.3) is 0 Å². The molecule has 88 valence electrons. The second-order valence-corrected chi connectivity index (χ2v) is 5.33. The summed E-state index contributed by atoms with van der Waals surface area (Å²) in [5, 5.41) is 2.71. The second kappa shape index (κ2) is 4.95. The van der Waals surface area contributed by atoms with Gasteiger partial charge in [-0.05, 0) is 23.8 Å². The molecule has 0 atom stereocenters. The monoisotopic (exact) mass is 287 g/mol. The van der Waals surface area contributed by atoms with Crippen molar-refractivity contribution >= 4 is 21.8 Å². The Morgan fingerprint density at radius 1 is 1.50 bits per heavy atom. The minimum atomic E-state index is -0.431. The van der Waals surface area contributed by atoms with Gasteiger partial charge >= 0.3 is 0 Å². The number of halogens is 2. The van der Waals surface area contributed by atoms with E-state index in [1.165, 1.54) is 13.0 Å². The average molecular weight is 288 g/mol. The summed E-state index contributed by atoms with van der Waals surface area (Å²) in [5.74, 6) is -0.359. The third kappa shape index (κ3) is 3.30. The summed E-state index contributed by atoms with van der Waals surface area (Å²) < 4.78 is 14.5. The number of hydrogen-bond acceptors (Lipinski definition) is 1. The zero-order chi connectivity index (χ0) is 12.3. The highest BCUT2D eigenvalue weighted by atomic mass is 79.9. The molecule has 0 aromatic heterocycles. The van der Waals surface area contributed by atoms with Crippen LogP contribution in [0.2, 0.25) is 0 Å². The van der Waals surface area contributed by atoms with Crippen LogP contribution in [-0.4, -0.2) is 12.5 Å². The van der Waals surface area contributed by atoms with Gasteiger partial charge in [-0.3, -0.25) is 4.79 Å². The minimum Gasteiger partial charge on any atom is -0.355 e. The Morgan fingerprint density at radius 2 is 2.12 bits per heavy atom. The molecule has 4 heteroatoms. The third-order valence-electron chi connectivity index (χ3n) is 2.44. The molecule has 0 aliphatic heterocycles. The molecule has 0 fully saturated rings. The van der Waals surface area contributed by atoms with E-state index in [2.05, 4.69) is 21.2 Å². The normalized spacial score (nSPS) is 11.3. The molecule has 2 nitrogen and oxygen atoms in total. The second-order valence-electron chi connectivity index (χ2n) is 4.42. The van der Waals surface area contributed by atoms with E-state index in [-0.39, 0.29) is 11.7 Å². The fourth-order valence-corrected chi connectivity index (χ4v) is 1.82. The number of nitrogens with one attached hydrogen (secondary N) is 1. The SMILES string of the molecule is CC(=O)NCC(C)(C)c1cc(Br)ccc1F. The summed E-state index contributed by atoms with van der Waals surface area (Å²) >= 11 is 3.31. The highest BCUT2D eigenvalue weighted by molar-refractivity contribution is 9.10. The Labute approximate surface area is 103 Å². The van der Waals surface area contributed by atoms with Crippen molar-refractivity contribution in [2.75, 3.05) is 6.54 Å². The van der Waals surface area contributed by atoms with Crippen molar-refractivity contribution in [2.45, 2.75) is 26.2 Å². The van der Waals surface area contributed by atoms with Gasteiger partial charge in [0.2, 0.25) is 5.91 Å². The van der Waals surface area contributed by atoms with Crippen LogP contribution in [0, 0.1) is 5.82 Å². The standard InChI is InChI=1S/C12H15BrFNO/c1-8(16)15-7-12(2,3)10-6-9(13)4-5-11(10)14/h4-6H,7H2,1-3H3,(H,15,16). The summed E-state index contributed by atoms with van der Waals surface area (Å²) in [5.41, 5.74) is 0.162. The van der Waals surface area contributed by atoms with Gasteiger partial charge < -0.3 is 5.32 Å². The van der Waals surface area contributed by atoms with Gasteiger partial charge in [0.15, 0.2) is 0 Å². The van der Waals surface area contributed by atoms with E-state index in [1.54, 1.807) is 12.1 Å². The van der Waals surface area contributed by atoms with Crippen LogP contribution in [0.1, 0.15) is 26.3 Å². The van der Waals surface area contributed by atoms with Crippen molar-refractivity contribution in [3.8, 4) is 0 Å². The molecule has 0 aliphatic rings. The molecule has 1 N–H and O–H groups in total. The summed E-state index contributed by atoms with van der Waals surface area (Å²) in [6, 6.07) is 4.83. The van der Waals surface area contributed by atoms with Crippen LogP contribution in [0.15, 0.2) is 22.7 Å². The maximum Gasteiger partial charge on any atom is 0.216 e. The van der Waals surface area contributed by atoms with Crippen molar-refractivity contribution in [1.82, 2.24) is 5.32 Å². The van der Waals surface area contributed by atoms with Gasteiger partial charge in [-0.25, -0.2) is 4.39 Å². The molecule has 16 heavy (non-hydrogen) atoms. The lowest BCUT2D eigenvalue weighted by Crippen LogP contribution is -2.36. The summed E-state index contributed by atoms with van der Waals surface area (Å²) in [7, 11) is 0. The molecule has 0 bridgehead atoms. The molecule has 1 aromatic rings. The van der Waals surface area contributed by atoms with E-state index in [0.29, 0.717) is 12.1 Å². The Kier molecular flexibility index (Phi) is 4.08. The van der Waals surface area contributed by atoms with Crippen LogP contribution in [0.3, 0.4) is 0 Å². The van der Waals surface area contributed by atoms with E-state index in [1.807, 2.05) is 13.8 Å². The molecule has 0 aliphatic carbocycles. The third-order valence-corrected chi connectivity index (χ3v) is 2.93. The minimum absolute atomic E-state index is 0.108. The molecule has 1 amide bonds. The van der Waals surface area contributed by atoms with Gasteiger partial charge in [-0.15, -0.1) is 0 Å². The number of benzene rings is 1. The molecule has 1 aromatic carbocycles. The van der Waals surface area contributed by atoms with E-state index in [4.69, 9.17) is 0 Å². The van der Waals surface area contributed by atoms with Gasteiger partial charge in [0.05, 0.1) is 0 Å². The van der Waals surface area contributed by atoms with E-state index in [9.17, 15) is 9.18 Å². The Morgan fingerprint density at radius 3 is 2.69 bits per heavy atom. The predicted molar refractivity (Wildman–Crippen MR) is 65.8 cm³/mol. The molecule has 0 saturated heterocycles. The van der Waals surface area contributed by atoms with Crippen molar-refractivity contribution in [3.63, 3.8) is 0 Å². The zero-order valence-corrected chi connectivity index (χ0v) is 11.2. The Hall–Kier alpha value is -0.900. The summed E-state index contributed by atoms with van der Waals surface area (Å²) in [6.07, 6.45) is 0. The highest BCUT2D eigenvalue weighted by Crippen LogP contribution is 2.27. The number of rotatable bonds is 3. The molecular formula is C12H15BrFNO. The van der Waals surface area contributed by atoms with Crippen molar-refractivity contribution in [3.05, 3.63) is 34.1 Å². The smallest absolute Gasteiger partial charge is 0.216 e. The molecule has 0 radical (unpaired) electrons. The molecule has 1 rings (SSSR count). The fraction of sp³-hybridized carbons (Fsp3) is 0.417. The van der Waals surface area contributed by atoms with Gasteiger partial charge in [0.25, 0.3) is 0 Å². The van der Waals surface area contributed by atoms with Crippen LogP contribution in [0.4, 0.5) is 4.39 Å². The topological polar surface area (TPSA) is 29.1 Å². The lowest BCUT2D eigenvalue weighted by Gasteiger charge is -2.26. The maximum atomic E-state index is 13.7. The van der Waals surface area contributed by atoms with Crippen molar-refractivity contribution < 1.29 is 9.18 Å². The lowest BCUT2D eigenvalue weighted by molar-refractivity contribution is -0.119. The molecule has 0 saturated carbocycles. The van der Waals surface area contributed by atoms with Crippen molar-refractivity contribution in [1.29, 1.82) is 0 Å². The molecule has 0 spiro atoms. The first kappa shape index (κ1) is 13.2. The first-order chi connectivity index (χ1) is 7.33. The van der Waals surface area contributed by atoms with E-state index in [0.717, 1.165) is 4.47 Å². The van der Waals surface area contributed by atoms with Crippen LogP contribution in [0.5, 0.6) is 0 Å².